The predicted octanol–water partition coefficient (Wildman–Crippen LogP) is 1.30. The van der Waals surface area contributed by atoms with E-state index in [0.29, 0.717) is 22.8 Å². The number of rotatable bonds is 6. The molecule has 0 bridgehead atoms. The van der Waals surface area contributed by atoms with Crippen LogP contribution in [0.3, 0.4) is 0 Å². The van der Waals surface area contributed by atoms with Crippen LogP contribution in [0.25, 0.3) is 5.78 Å². The zero-order valence-corrected chi connectivity index (χ0v) is 14.7. The van der Waals surface area contributed by atoms with E-state index in [1.807, 2.05) is 6.92 Å². The lowest BCUT2D eigenvalue weighted by molar-refractivity contribution is -0.148. The van der Waals surface area contributed by atoms with Gasteiger partial charge in [0.2, 0.25) is 0 Å². The van der Waals surface area contributed by atoms with Crippen LogP contribution in [0.4, 0.5) is 0 Å². The molecule has 0 aliphatic rings. The lowest BCUT2D eigenvalue weighted by atomic mass is 10.1. The topological polar surface area (TPSA) is 112 Å². The Bertz CT molecular complexity index is 932. The van der Waals surface area contributed by atoms with E-state index in [1.165, 1.54) is 12.6 Å². The van der Waals surface area contributed by atoms with Crippen LogP contribution < -0.4 is 5.32 Å². The van der Waals surface area contributed by atoms with Crippen LogP contribution >= 0.6 is 0 Å². The van der Waals surface area contributed by atoms with Gasteiger partial charge in [0.15, 0.2) is 6.61 Å². The lowest BCUT2D eigenvalue weighted by Gasteiger charge is -2.12. The summed E-state index contributed by atoms with van der Waals surface area (Å²) in [7, 11) is 0. The molecule has 0 aliphatic heterocycles. The molecule has 3 rings (SSSR count). The number of nitrogens with one attached hydrogen (secondary N) is 1. The Labute approximate surface area is 149 Å². The van der Waals surface area contributed by atoms with Crippen LogP contribution in [0, 0.1) is 13.8 Å². The first-order chi connectivity index (χ1) is 12.5. The Hall–Kier alpha value is -3.23. The number of hydrogen-bond acceptors (Lipinski definition) is 7. The number of aryl methyl sites for hydroxylation is 2. The summed E-state index contributed by atoms with van der Waals surface area (Å²) in [4.78, 5) is 32.4. The van der Waals surface area contributed by atoms with Gasteiger partial charge in [0.1, 0.15) is 12.1 Å². The zero-order chi connectivity index (χ0) is 18.7. The quantitative estimate of drug-likeness (QED) is 0.662. The van der Waals surface area contributed by atoms with Gasteiger partial charge in [-0.2, -0.15) is 10.1 Å². The molecule has 26 heavy (non-hydrogen) atoms. The number of hydrogen-bond donors (Lipinski definition) is 1. The molecule has 0 aromatic carbocycles. The number of esters is 1. The van der Waals surface area contributed by atoms with E-state index >= 15 is 0 Å². The minimum absolute atomic E-state index is 0.00147. The molecule has 9 heteroatoms. The molecule has 136 valence electrons. The fourth-order valence-electron chi connectivity index (χ4n) is 2.64. The molecule has 0 fully saturated rings. The predicted molar refractivity (Wildman–Crippen MR) is 90.2 cm³/mol. The van der Waals surface area contributed by atoms with Crippen molar-refractivity contribution >= 4 is 17.7 Å². The van der Waals surface area contributed by atoms with Crippen molar-refractivity contribution in [3.63, 3.8) is 0 Å². The maximum atomic E-state index is 12.1. The van der Waals surface area contributed by atoms with Crippen molar-refractivity contribution in [1.82, 2.24) is 24.9 Å². The fourth-order valence-corrected chi connectivity index (χ4v) is 2.64. The normalized spacial score (nSPS) is 12.1. The van der Waals surface area contributed by atoms with Crippen LogP contribution in [0.1, 0.15) is 35.7 Å². The SMILES string of the molecule is Cc1nc2ncnn2c(C)c1CC(=O)OCC(=O)N[C@@H](C)c1ccco1. The molecular formula is C17H19N5O4. The smallest absolute Gasteiger partial charge is 0.310 e. The second kappa shape index (κ2) is 7.34. The van der Waals surface area contributed by atoms with Crippen molar-refractivity contribution in [2.75, 3.05) is 6.61 Å². The maximum absolute atomic E-state index is 12.1. The first-order valence-electron chi connectivity index (χ1n) is 8.10. The first-order valence-corrected chi connectivity index (χ1v) is 8.10. The van der Waals surface area contributed by atoms with Crippen LogP contribution in [0.15, 0.2) is 29.1 Å². The van der Waals surface area contributed by atoms with Gasteiger partial charge in [-0.15, -0.1) is 0 Å². The molecule has 0 aliphatic carbocycles. The highest BCUT2D eigenvalue weighted by Gasteiger charge is 2.17. The molecule has 1 atom stereocenters. The number of aromatic nitrogens is 4. The average Bonchev–Trinajstić information content (AvgIpc) is 3.28. The summed E-state index contributed by atoms with van der Waals surface area (Å²) < 4.78 is 11.9. The molecule has 1 amide bonds. The number of amides is 1. The van der Waals surface area contributed by atoms with Crippen molar-refractivity contribution in [2.45, 2.75) is 33.2 Å². The summed E-state index contributed by atoms with van der Waals surface area (Å²) in [5, 5.41) is 6.78. The van der Waals surface area contributed by atoms with E-state index in [0.717, 1.165) is 5.69 Å². The number of carbonyl (C=O) groups is 2. The molecule has 0 unspecified atom stereocenters. The summed E-state index contributed by atoms with van der Waals surface area (Å²) in [6.07, 6.45) is 2.94. The fraction of sp³-hybridized carbons (Fsp3) is 0.353. The highest BCUT2D eigenvalue weighted by atomic mass is 16.5. The van der Waals surface area contributed by atoms with E-state index < -0.39 is 11.9 Å². The van der Waals surface area contributed by atoms with Gasteiger partial charge in [0, 0.05) is 17.0 Å². The third-order valence-electron chi connectivity index (χ3n) is 4.02. The number of carbonyl (C=O) groups excluding carboxylic acids is 2. The monoisotopic (exact) mass is 357 g/mol. The number of fused-ring (bicyclic) bond motifs is 1. The Morgan fingerprint density at radius 3 is 2.92 bits per heavy atom. The van der Waals surface area contributed by atoms with E-state index in [1.54, 1.807) is 30.5 Å². The third kappa shape index (κ3) is 3.71. The highest BCUT2D eigenvalue weighted by molar-refractivity contribution is 5.81. The number of ether oxygens (including phenoxy) is 1. The average molecular weight is 357 g/mol. The molecule has 1 N–H and O–H groups in total. The van der Waals surface area contributed by atoms with Gasteiger partial charge in [-0.3, -0.25) is 9.59 Å². The minimum atomic E-state index is -0.515. The molecule has 3 aromatic heterocycles. The van der Waals surface area contributed by atoms with Crippen molar-refractivity contribution in [3.05, 3.63) is 47.4 Å². The molecule has 3 heterocycles. The van der Waals surface area contributed by atoms with Gasteiger partial charge < -0.3 is 14.5 Å². The Balaban J connectivity index is 1.57. The van der Waals surface area contributed by atoms with Crippen molar-refractivity contribution < 1.29 is 18.7 Å². The van der Waals surface area contributed by atoms with Gasteiger partial charge in [-0.1, -0.05) is 0 Å². The largest absolute Gasteiger partial charge is 0.467 e. The molecule has 9 nitrogen and oxygen atoms in total. The van der Waals surface area contributed by atoms with Crippen LogP contribution in [-0.4, -0.2) is 38.1 Å². The van der Waals surface area contributed by atoms with E-state index in [2.05, 4.69) is 20.4 Å². The first kappa shape index (κ1) is 17.6. The maximum Gasteiger partial charge on any atom is 0.310 e. The van der Waals surface area contributed by atoms with Crippen molar-refractivity contribution in [1.29, 1.82) is 0 Å². The van der Waals surface area contributed by atoms with E-state index in [-0.39, 0.29) is 19.1 Å². The van der Waals surface area contributed by atoms with Gasteiger partial charge >= 0.3 is 5.97 Å². The van der Waals surface area contributed by atoms with Gasteiger partial charge in [-0.25, -0.2) is 9.50 Å². The third-order valence-corrected chi connectivity index (χ3v) is 4.02. The van der Waals surface area contributed by atoms with Gasteiger partial charge in [0.05, 0.1) is 18.7 Å². The van der Waals surface area contributed by atoms with Crippen LogP contribution in [0.5, 0.6) is 0 Å². The molecule has 3 aromatic rings. The molecule has 0 radical (unpaired) electrons. The molecular weight excluding hydrogens is 338 g/mol. The standard InChI is InChI=1S/C17H19N5O4/c1-10-13(12(3)22-17(21-10)18-9-19-22)7-16(24)26-8-15(23)20-11(2)14-5-4-6-25-14/h4-6,9,11H,7-8H2,1-3H3,(H,20,23)/t11-/m0/s1. The highest BCUT2D eigenvalue weighted by Crippen LogP contribution is 2.14. The minimum Gasteiger partial charge on any atom is -0.467 e. The Morgan fingerprint density at radius 2 is 2.19 bits per heavy atom. The number of furan rings is 1. The van der Waals surface area contributed by atoms with Crippen molar-refractivity contribution in [2.24, 2.45) is 0 Å². The lowest BCUT2D eigenvalue weighted by Crippen LogP contribution is -2.31. The van der Waals surface area contributed by atoms with Crippen LogP contribution in [0.2, 0.25) is 0 Å². The molecule has 0 spiro atoms. The molecule has 0 saturated heterocycles. The van der Waals surface area contributed by atoms with Gasteiger partial charge in [-0.05, 0) is 32.9 Å². The summed E-state index contributed by atoms with van der Waals surface area (Å²) in [5.74, 6) is 0.186. The van der Waals surface area contributed by atoms with E-state index in [9.17, 15) is 9.59 Å². The summed E-state index contributed by atoms with van der Waals surface area (Å²) in [5.41, 5.74) is 2.14. The summed E-state index contributed by atoms with van der Waals surface area (Å²) in [6, 6.07) is 3.19. The Morgan fingerprint density at radius 1 is 1.38 bits per heavy atom. The zero-order valence-electron chi connectivity index (χ0n) is 14.7. The van der Waals surface area contributed by atoms with E-state index in [4.69, 9.17) is 9.15 Å². The van der Waals surface area contributed by atoms with Crippen LogP contribution in [-0.2, 0) is 20.7 Å². The second-order valence-corrected chi connectivity index (χ2v) is 5.88. The Kier molecular flexibility index (Phi) is 4.97. The second-order valence-electron chi connectivity index (χ2n) is 5.88. The number of nitrogens with zero attached hydrogens (tertiary/aromatic N) is 4. The summed E-state index contributed by atoms with van der Waals surface area (Å²) >= 11 is 0. The van der Waals surface area contributed by atoms with Gasteiger partial charge in [0.25, 0.3) is 11.7 Å². The molecule has 0 saturated carbocycles. The van der Waals surface area contributed by atoms with Crippen molar-refractivity contribution in [3.8, 4) is 0 Å². The summed E-state index contributed by atoms with van der Waals surface area (Å²) in [6.45, 7) is 5.05.